The molecule has 0 spiro atoms. The SMILES string of the molecule is CCSC(C(=O)OCCN1CCC(CCCCCCCCN(CC)CC)CC1)(c1ccccc1)c1ccccc1. The third kappa shape index (κ3) is 9.92. The Labute approximate surface area is 249 Å². The standard InChI is InChI=1S/C35H54N2O2S/c1-4-36(5-2)26-18-10-8-7-9-13-19-31-24-27-37(28-25-31)29-30-39-34(38)35(40-6-3,32-20-14-11-15-21-32)33-22-16-12-17-23-33/h11-12,14-17,20-23,31H,4-10,13,18-19,24-30H2,1-3H3. The normalized spacial score (nSPS) is 15.0. The Kier molecular flexibility index (Phi) is 15.2. The van der Waals surface area contributed by atoms with Crippen LogP contribution in [-0.2, 0) is 14.3 Å². The van der Waals surface area contributed by atoms with Gasteiger partial charge in [-0.2, -0.15) is 0 Å². The molecule has 222 valence electrons. The molecule has 0 amide bonds. The Hall–Kier alpha value is -1.82. The van der Waals surface area contributed by atoms with Crippen molar-refractivity contribution in [3.05, 3.63) is 71.8 Å². The van der Waals surface area contributed by atoms with E-state index in [4.69, 9.17) is 4.74 Å². The summed E-state index contributed by atoms with van der Waals surface area (Å²) in [5.74, 6) is 1.54. The molecule has 0 atom stereocenters. The van der Waals surface area contributed by atoms with E-state index in [2.05, 4.69) is 54.8 Å². The summed E-state index contributed by atoms with van der Waals surface area (Å²) in [5, 5.41) is 0. The van der Waals surface area contributed by atoms with E-state index in [0.29, 0.717) is 6.61 Å². The largest absolute Gasteiger partial charge is 0.463 e. The molecule has 1 aliphatic rings. The maximum absolute atomic E-state index is 13.8. The molecule has 0 unspecified atom stereocenters. The molecule has 2 aromatic carbocycles. The van der Waals surface area contributed by atoms with Crippen LogP contribution in [0.5, 0.6) is 0 Å². The summed E-state index contributed by atoms with van der Waals surface area (Å²) in [6.07, 6.45) is 12.2. The van der Waals surface area contributed by atoms with Gasteiger partial charge in [-0.1, -0.05) is 120 Å². The lowest BCUT2D eigenvalue weighted by Crippen LogP contribution is -2.39. The second-order valence-electron chi connectivity index (χ2n) is 11.2. The quantitative estimate of drug-likeness (QED) is 0.127. The fourth-order valence-corrected chi connectivity index (χ4v) is 7.29. The number of benzene rings is 2. The van der Waals surface area contributed by atoms with Gasteiger partial charge in [0.15, 0.2) is 4.75 Å². The summed E-state index contributed by atoms with van der Waals surface area (Å²) in [5.41, 5.74) is 1.97. The second-order valence-corrected chi connectivity index (χ2v) is 12.7. The van der Waals surface area contributed by atoms with Crippen molar-refractivity contribution in [2.75, 3.05) is 51.6 Å². The number of carbonyl (C=O) groups excluding carboxylic acids is 1. The molecular weight excluding hydrogens is 512 g/mol. The lowest BCUT2D eigenvalue weighted by Gasteiger charge is -2.34. The fourth-order valence-electron chi connectivity index (χ4n) is 6.07. The number of piperidine rings is 1. The maximum Gasteiger partial charge on any atom is 0.331 e. The molecule has 1 fully saturated rings. The van der Waals surface area contributed by atoms with Crippen LogP contribution in [0.15, 0.2) is 60.7 Å². The topological polar surface area (TPSA) is 32.8 Å². The average molecular weight is 567 g/mol. The number of thioether (sulfide) groups is 1. The van der Waals surface area contributed by atoms with E-state index in [1.165, 1.54) is 77.4 Å². The van der Waals surface area contributed by atoms with Crippen molar-refractivity contribution in [1.29, 1.82) is 0 Å². The van der Waals surface area contributed by atoms with Crippen LogP contribution in [0.25, 0.3) is 0 Å². The molecule has 2 aromatic rings. The first-order valence-corrected chi connectivity index (χ1v) is 17.0. The van der Waals surface area contributed by atoms with Crippen LogP contribution in [-0.4, -0.2) is 67.4 Å². The predicted octanol–water partition coefficient (Wildman–Crippen LogP) is 8.01. The molecule has 5 heteroatoms. The molecule has 0 bridgehead atoms. The number of rotatable bonds is 19. The number of hydrogen-bond donors (Lipinski definition) is 0. The summed E-state index contributed by atoms with van der Waals surface area (Å²) in [7, 11) is 0. The van der Waals surface area contributed by atoms with Crippen molar-refractivity contribution in [3.8, 4) is 0 Å². The van der Waals surface area contributed by atoms with Crippen LogP contribution in [0.2, 0.25) is 0 Å². The smallest absolute Gasteiger partial charge is 0.331 e. The highest BCUT2D eigenvalue weighted by Crippen LogP contribution is 2.44. The summed E-state index contributed by atoms with van der Waals surface area (Å²) in [4.78, 5) is 18.8. The first kappa shape index (κ1) is 32.7. The van der Waals surface area contributed by atoms with Gasteiger partial charge < -0.3 is 9.64 Å². The molecule has 0 saturated carbocycles. The van der Waals surface area contributed by atoms with E-state index in [9.17, 15) is 4.79 Å². The highest BCUT2D eigenvalue weighted by atomic mass is 32.2. The molecule has 3 rings (SSSR count). The number of hydrogen-bond acceptors (Lipinski definition) is 5. The molecule has 4 nitrogen and oxygen atoms in total. The number of likely N-dealkylation sites (tertiary alicyclic amines) is 1. The van der Waals surface area contributed by atoms with E-state index in [1.54, 1.807) is 11.8 Å². The van der Waals surface area contributed by atoms with Crippen molar-refractivity contribution in [2.45, 2.75) is 83.3 Å². The molecular formula is C35H54N2O2S. The summed E-state index contributed by atoms with van der Waals surface area (Å²) < 4.78 is 5.20. The molecule has 40 heavy (non-hydrogen) atoms. The van der Waals surface area contributed by atoms with Crippen LogP contribution in [0, 0.1) is 5.92 Å². The molecule has 0 aliphatic carbocycles. The van der Waals surface area contributed by atoms with Gasteiger partial charge in [-0.15, -0.1) is 11.8 Å². The third-order valence-electron chi connectivity index (χ3n) is 8.59. The zero-order valence-corrected chi connectivity index (χ0v) is 26.3. The fraction of sp³-hybridized carbons (Fsp3) is 0.629. The lowest BCUT2D eigenvalue weighted by molar-refractivity contribution is -0.146. The Morgan fingerprint density at radius 1 is 0.850 bits per heavy atom. The van der Waals surface area contributed by atoms with Gasteiger partial charge in [-0.25, -0.2) is 4.79 Å². The van der Waals surface area contributed by atoms with Gasteiger partial charge in [0.2, 0.25) is 0 Å². The Morgan fingerprint density at radius 2 is 1.40 bits per heavy atom. The number of nitrogens with zero attached hydrogens (tertiary/aromatic N) is 2. The number of unbranched alkanes of at least 4 members (excludes halogenated alkanes) is 5. The highest BCUT2D eigenvalue weighted by molar-refractivity contribution is 8.01. The molecule has 1 heterocycles. The van der Waals surface area contributed by atoms with Crippen LogP contribution in [0.4, 0.5) is 0 Å². The van der Waals surface area contributed by atoms with Gasteiger partial charge in [0.1, 0.15) is 6.61 Å². The van der Waals surface area contributed by atoms with Crippen molar-refractivity contribution in [3.63, 3.8) is 0 Å². The van der Waals surface area contributed by atoms with Crippen molar-refractivity contribution < 1.29 is 9.53 Å². The van der Waals surface area contributed by atoms with Gasteiger partial charge in [0.25, 0.3) is 0 Å². The minimum absolute atomic E-state index is 0.153. The lowest BCUT2D eigenvalue weighted by atomic mass is 9.90. The van der Waals surface area contributed by atoms with Gasteiger partial charge in [0.05, 0.1) is 0 Å². The van der Waals surface area contributed by atoms with Crippen molar-refractivity contribution >= 4 is 17.7 Å². The minimum Gasteiger partial charge on any atom is -0.463 e. The van der Waals surface area contributed by atoms with Crippen molar-refractivity contribution in [1.82, 2.24) is 9.80 Å². The molecule has 1 aliphatic heterocycles. The molecule has 0 aromatic heterocycles. The third-order valence-corrected chi connectivity index (χ3v) is 9.95. The average Bonchev–Trinajstić information content (AvgIpc) is 3.00. The minimum atomic E-state index is -0.838. The summed E-state index contributed by atoms with van der Waals surface area (Å²) >= 11 is 1.65. The van der Waals surface area contributed by atoms with Crippen LogP contribution < -0.4 is 0 Å². The van der Waals surface area contributed by atoms with E-state index >= 15 is 0 Å². The number of esters is 1. The van der Waals surface area contributed by atoms with Crippen LogP contribution in [0.1, 0.15) is 89.7 Å². The van der Waals surface area contributed by atoms with Crippen LogP contribution in [0.3, 0.4) is 0 Å². The van der Waals surface area contributed by atoms with Crippen molar-refractivity contribution in [2.24, 2.45) is 5.92 Å². The van der Waals surface area contributed by atoms with E-state index in [0.717, 1.165) is 42.4 Å². The summed E-state index contributed by atoms with van der Waals surface area (Å²) in [6.45, 7) is 13.8. The molecule has 0 radical (unpaired) electrons. The number of carbonyl (C=O) groups is 1. The Balaban J connectivity index is 1.37. The van der Waals surface area contributed by atoms with E-state index in [1.807, 2.05) is 36.4 Å². The zero-order valence-electron chi connectivity index (χ0n) is 25.5. The molecule has 1 saturated heterocycles. The summed E-state index contributed by atoms with van der Waals surface area (Å²) in [6, 6.07) is 20.2. The van der Waals surface area contributed by atoms with Gasteiger partial charge in [0, 0.05) is 6.54 Å². The maximum atomic E-state index is 13.8. The van der Waals surface area contributed by atoms with Crippen LogP contribution >= 0.6 is 11.8 Å². The predicted molar refractivity (Wildman–Crippen MR) is 172 cm³/mol. The van der Waals surface area contributed by atoms with E-state index < -0.39 is 4.75 Å². The zero-order chi connectivity index (χ0) is 28.5. The monoisotopic (exact) mass is 566 g/mol. The molecule has 0 N–H and O–H groups in total. The second kappa shape index (κ2) is 18.6. The highest BCUT2D eigenvalue weighted by Gasteiger charge is 2.43. The Bertz CT molecular complexity index is 887. The van der Waals surface area contributed by atoms with Gasteiger partial charge in [-0.3, -0.25) is 4.90 Å². The van der Waals surface area contributed by atoms with Gasteiger partial charge in [-0.05, 0) is 74.8 Å². The van der Waals surface area contributed by atoms with Gasteiger partial charge >= 0.3 is 5.97 Å². The first-order valence-electron chi connectivity index (χ1n) is 16.0. The first-order chi connectivity index (χ1) is 19.6. The van der Waals surface area contributed by atoms with E-state index in [-0.39, 0.29) is 5.97 Å². The Morgan fingerprint density at radius 3 is 1.95 bits per heavy atom. The number of ether oxygens (including phenoxy) is 1.